The van der Waals surface area contributed by atoms with Gasteiger partial charge in [0, 0.05) is 39.1 Å². The number of pyridine rings is 1. The van der Waals surface area contributed by atoms with Crippen LogP contribution in [0, 0.1) is 0 Å². The number of hydrogen-bond donors (Lipinski definition) is 1. The van der Waals surface area contributed by atoms with Crippen LogP contribution >= 0.6 is 15.9 Å². The second-order valence-electron chi connectivity index (χ2n) is 7.47. The van der Waals surface area contributed by atoms with Gasteiger partial charge in [-0.25, -0.2) is 4.98 Å². The summed E-state index contributed by atoms with van der Waals surface area (Å²) >= 11 is 3.49. The van der Waals surface area contributed by atoms with E-state index < -0.39 is 0 Å². The molecule has 0 unspecified atom stereocenters. The first-order chi connectivity index (χ1) is 15.7. The summed E-state index contributed by atoms with van der Waals surface area (Å²) in [4.78, 5) is 4.57. The molecule has 0 radical (unpaired) electrons. The van der Waals surface area contributed by atoms with E-state index in [-0.39, 0.29) is 5.84 Å². The maximum atomic E-state index is 6.15. The van der Waals surface area contributed by atoms with Gasteiger partial charge in [-0.2, -0.15) is 5.10 Å². The largest absolute Gasteiger partial charge is 0.380 e. The van der Waals surface area contributed by atoms with E-state index in [9.17, 15) is 0 Å². The first kappa shape index (κ1) is 20.2. The van der Waals surface area contributed by atoms with Crippen LogP contribution in [0.25, 0.3) is 21.8 Å². The van der Waals surface area contributed by atoms with Crippen molar-refractivity contribution in [3.05, 3.63) is 112 Å². The van der Waals surface area contributed by atoms with Gasteiger partial charge in [0.05, 0.1) is 11.7 Å². The van der Waals surface area contributed by atoms with Crippen LogP contribution in [0.2, 0.25) is 0 Å². The Morgan fingerprint density at radius 3 is 2.59 bits per heavy atom. The van der Waals surface area contributed by atoms with E-state index >= 15 is 0 Å². The van der Waals surface area contributed by atoms with Crippen molar-refractivity contribution in [1.29, 1.82) is 0 Å². The van der Waals surface area contributed by atoms with Gasteiger partial charge < -0.3 is 10.3 Å². The molecule has 0 fully saturated rings. The first-order valence-corrected chi connectivity index (χ1v) is 11.0. The van der Waals surface area contributed by atoms with Crippen LogP contribution in [0.3, 0.4) is 0 Å². The monoisotopic (exact) mass is 481 g/mol. The van der Waals surface area contributed by atoms with Gasteiger partial charge >= 0.3 is 0 Å². The second kappa shape index (κ2) is 8.77. The smallest absolute Gasteiger partial charge is 0.172 e. The molecule has 3 aromatic carbocycles. The minimum absolute atomic E-state index is 0.283. The molecule has 0 aliphatic rings. The highest BCUT2D eigenvalue weighted by Crippen LogP contribution is 2.22. The van der Waals surface area contributed by atoms with Gasteiger partial charge in [0.15, 0.2) is 5.84 Å². The van der Waals surface area contributed by atoms with Crippen LogP contribution < -0.4 is 5.73 Å². The van der Waals surface area contributed by atoms with Crippen molar-refractivity contribution in [2.45, 2.75) is 6.54 Å². The van der Waals surface area contributed by atoms with Gasteiger partial charge in [0.25, 0.3) is 0 Å². The lowest BCUT2D eigenvalue weighted by molar-refractivity contribution is 0.836. The van der Waals surface area contributed by atoms with Crippen molar-refractivity contribution in [2.24, 2.45) is 15.9 Å². The normalized spacial score (nSPS) is 12.2. The van der Waals surface area contributed by atoms with E-state index in [1.165, 1.54) is 5.56 Å². The van der Waals surface area contributed by atoms with Gasteiger partial charge in [-0.05, 0) is 35.9 Å². The summed E-state index contributed by atoms with van der Waals surface area (Å²) in [6.07, 6.45) is 3.84. The molecule has 0 aliphatic carbocycles. The summed E-state index contributed by atoms with van der Waals surface area (Å²) in [5, 5.41) is 10.6. The molecule has 0 aliphatic heterocycles. The molecule has 2 heterocycles. The topological polar surface area (TPSA) is 68.6 Å². The van der Waals surface area contributed by atoms with E-state index in [4.69, 9.17) is 5.73 Å². The van der Waals surface area contributed by atoms with E-state index in [2.05, 4.69) is 78.3 Å². The highest BCUT2D eigenvalue weighted by atomic mass is 79.9. The predicted molar refractivity (Wildman–Crippen MR) is 135 cm³/mol. The van der Waals surface area contributed by atoms with Gasteiger partial charge in [0.2, 0.25) is 0 Å². The maximum Gasteiger partial charge on any atom is 0.172 e. The number of para-hydroxylation sites is 2. The van der Waals surface area contributed by atoms with E-state index in [0.717, 1.165) is 38.4 Å². The molecular weight excluding hydrogens is 462 g/mol. The fourth-order valence-electron chi connectivity index (χ4n) is 3.71. The Morgan fingerprint density at radius 1 is 0.938 bits per heavy atom. The lowest BCUT2D eigenvalue weighted by Crippen LogP contribution is -2.14. The molecule has 5 aromatic rings. The Labute approximate surface area is 194 Å². The third-order valence-corrected chi connectivity index (χ3v) is 5.84. The maximum absolute atomic E-state index is 6.15. The number of nitrogens with two attached hydrogens (primary N) is 1. The molecule has 5 rings (SSSR count). The summed E-state index contributed by atoms with van der Waals surface area (Å²) in [7, 11) is 0. The summed E-state index contributed by atoms with van der Waals surface area (Å²) in [5.74, 6) is 0.283. The zero-order valence-electron chi connectivity index (χ0n) is 17.2. The molecule has 0 saturated heterocycles. The Bertz CT molecular complexity index is 1470. The number of benzene rings is 3. The van der Waals surface area contributed by atoms with Crippen LogP contribution in [0.4, 0.5) is 0 Å². The molecule has 0 bridgehead atoms. The highest BCUT2D eigenvalue weighted by molar-refractivity contribution is 9.10. The molecule has 2 aromatic heterocycles. The first-order valence-electron chi connectivity index (χ1n) is 10.2. The van der Waals surface area contributed by atoms with Gasteiger partial charge in [-0.1, -0.05) is 70.5 Å². The van der Waals surface area contributed by atoms with E-state index in [1.54, 1.807) is 6.21 Å². The fourth-order valence-corrected chi connectivity index (χ4v) is 3.97. The zero-order chi connectivity index (χ0) is 21.9. The van der Waals surface area contributed by atoms with Crippen LogP contribution in [0.15, 0.2) is 106 Å². The Morgan fingerprint density at radius 2 is 1.72 bits per heavy atom. The summed E-state index contributed by atoms with van der Waals surface area (Å²) in [6.45, 7) is 0.772. The molecule has 2 N–H and O–H groups in total. The SMILES string of the molecule is N/C(=N\N=C/c1cn(Cc2ccc(Br)cc2)c2ccccc12)c1ccc2ccccc2n1. The lowest BCUT2D eigenvalue weighted by Gasteiger charge is -2.05. The van der Waals surface area contributed by atoms with E-state index in [1.807, 2.05) is 48.5 Å². The van der Waals surface area contributed by atoms with Gasteiger partial charge in [0.1, 0.15) is 5.69 Å². The van der Waals surface area contributed by atoms with Gasteiger partial charge in [-0.15, -0.1) is 5.10 Å². The summed E-state index contributed by atoms with van der Waals surface area (Å²) in [5.41, 5.74) is 11.0. The average molecular weight is 482 g/mol. The zero-order valence-corrected chi connectivity index (χ0v) is 18.8. The Kier molecular flexibility index (Phi) is 5.52. The number of fused-ring (bicyclic) bond motifs is 2. The van der Waals surface area contributed by atoms with Crippen molar-refractivity contribution >= 4 is 49.8 Å². The molecule has 0 spiro atoms. The molecule has 0 saturated carbocycles. The predicted octanol–water partition coefficient (Wildman–Crippen LogP) is 5.74. The van der Waals surface area contributed by atoms with Crippen molar-refractivity contribution in [2.75, 3.05) is 0 Å². The number of amidine groups is 1. The molecule has 32 heavy (non-hydrogen) atoms. The van der Waals surface area contributed by atoms with Crippen LogP contribution in [0.1, 0.15) is 16.8 Å². The van der Waals surface area contributed by atoms with E-state index in [0.29, 0.717) is 5.69 Å². The van der Waals surface area contributed by atoms with Crippen LogP contribution in [-0.2, 0) is 6.54 Å². The number of rotatable bonds is 5. The number of halogens is 1. The molecule has 5 nitrogen and oxygen atoms in total. The number of hydrogen-bond acceptors (Lipinski definition) is 3. The van der Waals surface area contributed by atoms with Gasteiger partial charge in [-0.3, -0.25) is 0 Å². The minimum atomic E-state index is 0.283. The lowest BCUT2D eigenvalue weighted by atomic mass is 10.2. The van der Waals surface area contributed by atoms with Crippen molar-refractivity contribution in [1.82, 2.24) is 9.55 Å². The minimum Gasteiger partial charge on any atom is -0.380 e. The second-order valence-corrected chi connectivity index (χ2v) is 8.39. The average Bonchev–Trinajstić information content (AvgIpc) is 3.17. The van der Waals surface area contributed by atoms with Crippen molar-refractivity contribution in [3.63, 3.8) is 0 Å². The molecule has 0 atom stereocenters. The quantitative estimate of drug-likeness (QED) is 0.197. The standard InChI is InChI=1S/C26H20BrN5/c27-21-12-9-18(10-13-21)16-32-17-20(22-6-2-4-8-25(22)32)15-29-31-26(28)24-14-11-19-5-1-3-7-23(19)30-24/h1-15,17H,16H2,(H2,28,31)/b29-15-. The van der Waals surface area contributed by atoms with Crippen LogP contribution in [-0.4, -0.2) is 21.6 Å². The van der Waals surface area contributed by atoms with Crippen molar-refractivity contribution < 1.29 is 0 Å². The van der Waals surface area contributed by atoms with Crippen LogP contribution in [0.5, 0.6) is 0 Å². The summed E-state index contributed by atoms with van der Waals surface area (Å²) < 4.78 is 3.29. The van der Waals surface area contributed by atoms with Crippen molar-refractivity contribution in [3.8, 4) is 0 Å². The Hall–Kier alpha value is -3.77. The number of nitrogens with zero attached hydrogens (tertiary/aromatic N) is 4. The molecular formula is C26H20BrN5. The highest BCUT2D eigenvalue weighted by Gasteiger charge is 2.07. The third-order valence-electron chi connectivity index (χ3n) is 5.31. The Balaban J connectivity index is 1.43. The third kappa shape index (κ3) is 4.18. The fraction of sp³-hybridized carbons (Fsp3) is 0.0385. The molecule has 0 amide bonds. The molecule has 156 valence electrons. The molecule has 6 heteroatoms. The summed E-state index contributed by atoms with van der Waals surface area (Å²) in [6, 6.07) is 28.4. The number of aromatic nitrogens is 2.